The van der Waals surface area contributed by atoms with Crippen LogP contribution in [0.25, 0.3) is 0 Å². The van der Waals surface area contributed by atoms with Crippen molar-refractivity contribution in [2.75, 3.05) is 6.61 Å². The fourth-order valence-corrected chi connectivity index (χ4v) is 8.86. The van der Waals surface area contributed by atoms with Gasteiger partial charge in [-0.1, -0.05) is 281 Å². The average Bonchev–Trinajstić information content (AvgIpc) is 3.30. The van der Waals surface area contributed by atoms with Crippen molar-refractivity contribution < 1.29 is 15.0 Å². The molecule has 0 aliphatic carbocycles. The third-order valence-electron chi connectivity index (χ3n) is 13.3. The Labute approximate surface area is 401 Å². The summed E-state index contributed by atoms with van der Waals surface area (Å²) in [6, 6.07) is -0.645. The molecule has 2 atom stereocenters. The normalized spacial score (nSPS) is 13.1. The Morgan fingerprint density at radius 2 is 0.609 bits per heavy atom. The van der Waals surface area contributed by atoms with E-state index in [1.165, 1.54) is 250 Å². The van der Waals surface area contributed by atoms with Crippen molar-refractivity contribution in [2.45, 2.75) is 321 Å². The lowest BCUT2D eigenvalue weighted by Gasteiger charge is -2.19. The highest BCUT2D eigenvalue weighted by molar-refractivity contribution is 5.76. The average molecular weight is 897 g/mol. The topological polar surface area (TPSA) is 69.6 Å². The molecule has 0 rings (SSSR count). The highest BCUT2D eigenvalue weighted by Gasteiger charge is 2.18. The van der Waals surface area contributed by atoms with Gasteiger partial charge in [-0.3, -0.25) is 4.79 Å². The SMILES string of the molecule is CCCCCCCCC/C=C/CC/C=C/CC/C=C/C(O)C(CO)NC(=O)CCCCCCCCCCCCCCCCCCCCCCCCC/C=C\CCCCCCCCCC. The van der Waals surface area contributed by atoms with Crippen LogP contribution in [0.3, 0.4) is 0 Å². The molecule has 0 aliphatic heterocycles. The van der Waals surface area contributed by atoms with Crippen molar-refractivity contribution in [3.8, 4) is 0 Å². The molecular weight excluding hydrogens is 783 g/mol. The molecule has 4 nitrogen and oxygen atoms in total. The van der Waals surface area contributed by atoms with Crippen molar-refractivity contribution in [2.24, 2.45) is 0 Å². The van der Waals surface area contributed by atoms with Gasteiger partial charge in [-0.05, 0) is 70.6 Å². The molecule has 0 aromatic heterocycles. The number of aliphatic hydroxyl groups is 2. The van der Waals surface area contributed by atoms with E-state index >= 15 is 0 Å². The van der Waals surface area contributed by atoms with Crippen LogP contribution in [-0.2, 0) is 4.79 Å². The molecular formula is C60H113NO3. The molecule has 64 heavy (non-hydrogen) atoms. The fourth-order valence-electron chi connectivity index (χ4n) is 8.86. The van der Waals surface area contributed by atoms with E-state index in [0.717, 1.165) is 38.5 Å². The standard InChI is InChI=1S/C60H113NO3/c1-3-5-7-9-11-13-15-17-19-21-22-23-24-25-26-27-28-29-30-31-32-33-34-35-36-37-38-40-42-44-46-48-50-52-54-56-60(64)61-58(57-62)59(63)55-53-51-49-47-45-43-41-39-20-18-16-14-12-10-8-6-4-2/h20-22,39,45,47,53,55,58-59,62-63H,3-19,23-38,40-44,46,48-52,54,56-57H2,1-2H3,(H,61,64)/b22-21-,39-20+,47-45+,55-53+. The van der Waals surface area contributed by atoms with Crippen LogP contribution in [0.15, 0.2) is 48.6 Å². The molecule has 0 saturated heterocycles. The fraction of sp³-hybridized carbons (Fsp3) is 0.850. The van der Waals surface area contributed by atoms with Gasteiger partial charge in [0.1, 0.15) is 0 Å². The molecule has 3 N–H and O–H groups in total. The van der Waals surface area contributed by atoms with E-state index in [9.17, 15) is 15.0 Å². The van der Waals surface area contributed by atoms with Gasteiger partial charge in [0.15, 0.2) is 0 Å². The minimum Gasteiger partial charge on any atom is -0.394 e. The first-order valence-corrected chi connectivity index (χ1v) is 28.9. The Morgan fingerprint density at radius 1 is 0.359 bits per heavy atom. The van der Waals surface area contributed by atoms with Crippen LogP contribution in [0.5, 0.6) is 0 Å². The number of aliphatic hydroxyl groups excluding tert-OH is 2. The van der Waals surface area contributed by atoms with Gasteiger partial charge in [-0.15, -0.1) is 0 Å². The Bertz CT molecular complexity index is 1020. The predicted molar refractivity (Wildman–Crippen MR) is 285 cm³/mol. The molecule has 0 radical (unpaired) electrons. The van der Waals surface area contributed by atoms with Crippen LogP contribution in [0.4, 0.5) is 0 Å². The number of hydrogen-bond acceptors (Lipinski definition) is 3. The van der Waals surface area contributed by atoms with Crippen LogP contribution < -0.4 is 5.32 Å². The minimum absolute atomic E-state index is 0.0736. The summed E-state index contributed by atoms with van der Waals surface area (Å²) in [6.45, 7) is 4.31. The summed E-state index contributed by atoms with van der Waals surface area (Å²) in [6.07, 6.45) is 77.2. The Hall–Kier alpha value is -1.65. The maximum Gasteiger partial charge on any atom is 0.220 e. The molecule has 0 saturated carbocycles. The van der Waals surface area contributed by atoms with Crippen molar-refractivity contribution in [1.82, 2.24) is 5.32 Å². The van der Waals surface area contributed by atoms with Gasteiger partial charge in [0.2, 0.25) is 5.91 Å². The minimum atomic E-state index is -0.869. The van der Waals surface area contributed by atoms with Crippen molar-refractivity contribution in [1.29, 1.82) is 0 Å². The summed E-state index contributed by atoms with van der Waals surface area (Å²) < 4.78 is 0. The first kappa shape index (κ1) is 62.4. The van der Waals surface area contributed by atoms with Gasteiger partial charge in [-0.2, -0.15) is 0 Å². The Balaban J connectivity index is 3.45. The molecule has 0 spiro atoms. The predicted octanol–water partition coefficient (Wildman–Crippen LogP) is 19.0. The lowest BCUT2D eigenvalue weighted by Crippen LogP contribution is -2.45. The van der Waals surface area contributed by atoms with Gasteiger partial charge in [0, 0.05) is 6.42 Å². The summed E-state index contributed by atoms with van der Waals surface area (Å²) in [5, 5.41) is 23.1. The van der Waals surface area contributed by atoms with Crippen molar-refractivity contribution in [3.63, 3.8) is 0 Å². The summed E-state index contributed by atoms with van der Waals surface area (Å²) in [5.41, 5.74) is 0. The third-order valence-corrected chi connectivity index (χ3v) is 13.3. The molecule has 0 aromatic rings. The maximum atomic E-state index is 12.5. The maximum absolute atomic E-state index is 12.5. The zero-order valence-corrected chi connectivity index (χ0v) is 43.3. The third kappa shape index (κ3) is 51.3. The number of amides is 1. The first-order valence-electron chi connectivity index (χ1n) is 28.9. The molecule has 2 unspecified atom stereocenters. The van der Waals surface area contributed by atoms with E-state index in [1.807, 2.05) is 6.08 Å². The van der Waals surface area contributed by atoms with E-state index in [1.54, 1.807) is 6.08 Å². The monoisotopic (exact) mass is 896 g/mol. The van der Waals surface area contributed by atoms with Crippen LogP contribution in [0, 0.1) is 0 Å². The number of carbonyl (C=O) groups excluding carboxylic acids is 1. The highest BCUT2D eigenvalue weighted by Crippen LogP contribution is 2.17. The summed E-state index contributed by atoms with van der Waals surface area (Å²) in [4.78, 5) is 12.5. The summed E-state index contributed by atoms with van der Waals surface area (Å²) in [5.74, 6) is -0.0736. The van der Waals surface area contributed by atoms with Crippen LogP contribution in [0.1, 0.15) is 309 Å². The van der Waals surface area contributed by atoms with E-state index in [-0.39, 0.29) is 12.5 Å². The van der Waals surface area contributed by atoms with E-state index in [4.69, 9.17) is 0 Å². The first-order chi connectivity index (χ1) is 31.7. The molecule has 0 bridgehead atoms. The van der Waals surface area contributed by atoms with Gasteiger partial charge in [0.25, 0.3) is 0 Å². The highest BCUT2D eigenvalue weighted by atomic mass is 16.3. The van der Waals surface area contributed by atoms with E-state index in [0.29, 0.717) is 6.42 Å². The van der Waals surface area contributed by atoms with E-state index in [2.05, 4.69) is 55.6 Å². The smallest absolute Gasteiger partial charge is 0.220 e. The van der Waals surface area contributed by atoms with Crippen molar-refractivity contribution in [3.05, 3.63) is 48.6 Å². The number of unbranched alkanes of at least 4 members (excludes halogenated alkanes) is 40. The Kier molecular flexibility index (Phi) is 54.2. The zero-order valence-electron chi connectivity index (χ0n) is 43.3. The molecule has 1 amide bonds. The largest absolute Gasteiger partial charge is 0.394 e. The van der Waals surface area contributed by atoms with E-state index < -0.39 is 12.1 Å². The molecule has 0 heterocycles. The van der Waals surface area contributed by atoms with Crippen LogP contribution in [0.2, 0.25) is 0 Å². The number of nitrogens with one attached hydrogen (secondary N) is 1. The number of rotatable bonds is 53. The second-order valence-corrected chi connectivity index (χ2v) is 19.7. The molecule has 376 valence electrons. The van der Waals surface area contributed by atoms with Gasteiger partial charge in [0.05, 0.1) is 18.8 Å². The van der Waals surface area contributed by atoms with Crippen LogP contribution >= 0.6 is 0 Å². The molecule has 0 aromatic carbocycles. The zero-order chi connectivity index (χ0) is 46.3. The second-order valence-electron chi connectivity index (χ2n) is 19.7. The second kappa shape index (κ2) is 55.7. The summed E-state index contributed by atoms with van der Waals surface area (Å²) in [7, 11) is 0. The van der Waals surface area contributed by atoms with Gasteiger partial charge in [-0.25, -0.2) is 0 Å². The van der Waals surface area contributed by atoms with Crippen molar-refractivity contribution >= 4 is 5.91 Å². The molecule has 0 aliphatic rings. The number of carbonyl (C=O) groups is 1. The van der Waals surface area contributed by atoms with Crippen LogP contribution in [-0.4, -0.2) is 34.9 Å². The molecule has 4 heteroatoms. The Morgan fingerprint density at radius 3 is 0.906 bits per heavy atom. The summed E-state index contributed by atoms with van der Waals surface area (Å²) >= 11 is 0. The van der Waals surface area contributed by atoms with Gasteiger partial charge < -0.3 is 15.5 Å². The molecule has 0 fully saturated rings. The van der Waals surface area contributed by atoms with Gasteiger partial charge >= 0.3 is 0 Å². The number of allylic oxidation sites excluding steroid dienone is 7. The quantitative estimate of drug-likeness (QED) is 0.0421. The lowest BCUT2D eigenvalue weighted by molar-refractivity contribution is -0.123. The number of hydrogen-bond donors (Lipinski definition) is 3. The lowest BCUT2D eigenvalue weighted by atomic mass is 10.0.